The zero-order chi connectivity index (χ0) is 9.03. The fourth-order valence-electron chi connectivity index (χ4n) is 0.912. The highest BCUT2D eigenvalue weighted by atomic mass is 32.2. The summed E-state index contributed by atoms with van der Waals surface area (Å²) < 4.78 is 24.9. The SMILES string of the molecule is NCCCS(=O)(=O)NCC1CC1. The van der Waals surface area contributed by atoms with E-state index in [0.29, 0.717) is 25.4 Å². The van der Waals surface area contributed by atoms with E-state index in [1.165, 1.54) is 12.8 Å². The monoisotopic (exact) mass is 192 g/mol. The zero-order valence-corrected chi connectivity index (χ0v) is 7.94. The summed E-state index contributed by atoms with van der Waals surface area (Å²) in [5.74, 6) is 0.758. The maximum Gasteiger partial charge on any atom is 0.211 e. The minimum Gasteiger partial charge on any atom is -0.330 e. The third-order valence-electron chi connectivity index (χ3n) is 1.91. The van der Waals surface area contributed by atoms with E-state index in [1.807, 2.05) is 0 Å². The van der Waals surface area contributed by atoms with Crippen LogP contribution in [-0.2, 0) is 10.0 Å². The first kappa shape index (κ1) is 9.95. The molecule has 0 aromatic heterocycles. The fourth-order valence-corrected chi connectivity index (χ4v) is 2.09. The van der Waals surface area contributed by atoms with Crippen LogP contribution in [0.2, 0.25) is 0 Å². The third-order valence-corrected chi connectivity index (χ3v) is 3.34. The van der Waals surface area contributed by atoms with Crippen LogP contribution in [-0.4, -0.2) is 27.3 Å². The summed E-state index contributed by atoms with van der Waals surface area (Å²) in [6.07, 6.45) is 2.87. The summed E-state index contributed by atoms with van der Waals surface area (Å²) in [6, 6.07) is 0. The van der Waals surface area contributed by atoms with Crippen LogP contribution in [0.5, 0.6) is 0 Å². The topological polar surface area (TPSA) is 72.2 Å². The Morgan fingerprint density at radius 1 is 1.42 bits per heavy atom. The maximum atomic E-state index is 11.2. The molecule has 3 N–H and O–H groups in total. The van der Waals surface area contributed by atoms with Gasteiger partial charge in [-0.2, -0.15) is 0 Å². The third kappa shape index (κ3) is 4.04. The summed E-state index contributed by atoms with van der Waals surface area (Å²) in [4.78, 5) is 0. The van der Waals surface area contributed by atoms with Gasteiger partial charge < -0.3 is 5.73 Å². The molecule has 72 valence electrons. The van der Waals surface area contributed by atoms with Gasteiger partial charge in [0.1, 0.15) is 0 Å². The van der Waals surface area contributed by atoms with E-state index < -0.39 is 10.0 Å². The highest BCUT2D eigenvalue weighted by molar-refractivity contribution is 7.89. The van der Waals surface area contributed by atoms with Gasteiger partial charge in [0.15, 0.2) is 0 Å². The molecule has 0 amide bonds. The highest BCUT2D eigenvalue weighted by Gasteiger charge is 2.22. The Labute approximate surface area is 73.6 Å². The molecular weight excluding hydrogens is 176 g/mol. The molecule has 12 heavy (non-hydrogen) atoms. The molecule has 1 aliphatic rings. The van der Waals surface area contributed by atoms with Crippen molar-refractivity contribution in [2.24, 2.45) is 11.7 Å². The van der Waals surface area contributed by atoms with E-state index in [0.717, 1.165) is 0 Å². The lowest BCUT2D eigenvalue weighted by Gasteiger charge is -2.03. The van der Waals surface area contributed by atoms with Crippen LogP contribution in [0.4, 0.5) is 0 Å². The molecule has 0 unspecified atom stereocenters. The number of rotatable bonds is 6. The molecule has 0 aromatic carbocycles. The number of sulfonamides is 1. The maximum absolute atomic E-state index is 11.2. The molecule has 0 bridgehead atoms. The van der Waals surface area contributed by atoms with Gasteiger partial charge in [-0.05, 0) is 31.7 Å². The molecular formula is C7H16N2O2S. The molecule has 0 heterocycles. The number of nitrogens with two attached hydrogens (primary N) is 1. The van der Waals surface area contributed by atoms with Crippen LogP contribution in [0.3, 0.4) is 0 Å². The van der Waals surface area contributed by atoms with Gasteiger partial charge in [0.25, 0.3) is 0 Å². The van der Waals surface area contributed by atoms with Gasteiger partial charge in [-0.3, -0.25) is 0 Å². The van der Waals surface area contributed by atoms with E-state index in [1.54, 1.807) is 0 Å². The summed E-state index contributed by atoms with van der Waals surface area (Å²) >= 11 is 0. The largest absolute Gasteiger partial charge is 0.330 e. The van der Waals surface area contributed by atoms with Crippen LogP contribution < -0.4 is 10.5 Å². The van der Waals surface area contributed by atoms with Gasteiger partial charge in [0.2, 0.25) is 10.0 Å². The number of hydrogen-bond donors (Lipinski definition) is 2. The van der Waals surface area contributed by atoms with E-state index in [4.69, 9.17) is 5.73 Å². The second kappa shape index (κ2) is 4.20. The second-order valence-corrected chi connectivity index (χ2v) is 5.18. The standard InChI is InChI=1S/C7H16N2O2S/c8-4-1-5-12(10,11)9-6-7-2-3-7/h7,9H,1-6,8H2. The number of hydrogen-bond acceptors (Lipinski definition) is 3. The van der Waals surface area contributed by atoms with Gasteiger partial charge in [-0.1, -0.05) is 0 Å². The smallest absolute Gasteiger partial charge is 0.211 e. The van der Waals surface area contributed by atoms with Crippen molar-refractivity contribution in [3.8, 4) is 0 Å². The van der Waals surface area contributed by atoms with Crippen LogP contribution in [0.15, 0.2) is 0 Å². The van der Waals surface area contributed by atoms with Gasteiger partial charge in [-0.25, -0.2) is 13.1 Å². The first-order valence-corrected chi connectivity index (χ1v) is 5.96. The molecule has 1 fully saturated rings. The molecule has 1 rings (SSSR count). The summed E-state index contributed by atoms with van der Waals surface area (Å²) in [5.41, 5.74) is 5.21. The van der Waals surface area contributed by atoms with Crippen molar-refractivity contribution in [1.29, 1.82) is 0 Å². The van der Waals surface area contributed by atoms with Crippen molar-refractivity contribution in [3.05, 3.63) is 0 Å². The predicted molar refractivity (Wildman–Crippen MR) is 48.2 cm³/mol. The van der Waals surface area contributed by atoms with Gasteiger partial charge >= 0.3 is 0 Å². The lowest BCUT2D eigenvalue weighted by Crippen LogP contribution is -2.29. The minimum absolute atomic E-state index is 0.163. The molecule has 4 nitrogen and oxygen atoms in total. The van der Waals surface area contributed by atoms with E-state index in [2.05, 4.69) is 4.72 Å². The molecule has 0 saturated heterocycles. The number of nitrogens with one attached hydrogen (secondary N) is 1. The van der Waals surface area contributed by atoms with E-state index in [9.17, 15) is 8.42 Å². The Bertz CT molecular complexity index is 222. The average Bonchev–Trinajstić information content (AvgIpc) is 2.81. The Morgan fingerprint density at radius 3 is 2.58 bits per heavy atom. The lowest BCUT2D eigenvalue weighted by molar-refractivity contribution is 0.575. The van der Waals surface area contributed by atoms with E-state index in [-0.39, 0.29) is 5.75 Å². The Morgan fingerprint density at radius 2 is 2.08 bits per heavy atom. The molecule has 1 saturated carbocycles. The minimum atomic E-state index is -3.03. The first-order valence-electron chi connectivity index (χ1n) is 4.31. The molecule has 5 heteroatoms. The Kier molecular flexibility index (Phi) is 3.49. The van der Waals surface area contributed by atoms with Crippen LogP contribution in [0, 0.1) is 5.92 Å². The zero-order valence-electron chi connectivity index (χ0n) is 7.12. The van der Waals surface area contributed by atoms with Crippen LogP contribution >= 0.6 is 0 Å². The highest BCUT2D eigenvalue weighted by Crippen LogP contribution is 2.27. The van der Waals surface area contributed by atoms with Gasteiger partial charge in [0.05, 0.1) is 5.75 Å². The molecule has 0 aromatic rings. The summed E-state index contributed by atoms with van der Waals surface area (Å²) in [5, 5.41) is 0. The molecule has 0 aliphatic heterocycles. The normalized spacial score (nSPS) is 18.1. The van der Waals surface area contributed by atoms with Gasteiger partial charge in [-0.15, -0.1) is 0 Å². The average molecular weight is 192 g/mol. The van der Waals surface area contributed by atoms with Crippen LogP contribution in [0.1, 0.15) is 19.3 Å². The second-order valence-electron chi connectivity index (χ2n) is 3.25. The van der Waals surface area contributed by atoms with Crippen molar-refractivity contribution in [3.63, 3.8) is 0 Å². The molecule has 0 radical (unpaired) electrons. The summed E-state index contributed by atoms with van der Waals surface area (Å²) in [7, 11) is -3.03. The Hall–Kier alpha value is -0.130. The fraction of sp³-hybridized carbons (Fsp3) is 1.00. The van der Waals surface area contributed by atoms with Crippen molar-refractivity contribution >= 4 is 10.0 Å². The molecule has 0 atom stereocenters. The Balaban J connectivity index is 2.17. The quantitative estimate of drug-likeness (QED) is 0.605. The summed E-state index contributed by atoms with van der Waals surface area (Å²) in [6.45, 7) is 1.05. The molecule has 1 aliphatic carbocycles. The van der Waals surface area contributed by atoms with Crippen LogP contribution in [0.25, 0.3) is 0 Å². The van der Waals surface area contributed by atoms with Gasteiger partial charge in [0, 0.05) is 6.54 Å². The van der Waals surface area contributed by atoms with Crippen molar-refractivity contribution in [1.82, 2.24) is 4.72 Å². The first-order chi connectivity index (χ1) is 5.64. The van der Waals surface area contributed by atoms with Crippen molar-refractivity contribution in [2.75, 3.05) is 18.8 Å². The molecule has 0 spiro atoms. The van der Waals surface area contributed by atoms with E-state index >= 15 is 0 Å². The lowest BCUT2D eigenvalue weighted by atomic mass is 10.4. The van der Waals surface area contributed by atoms with Crippen molar-refractivity contribution in [2.45, 2.75) is 19.3 Å². The predicted octanol–water partition coefficient (Wildman–Crippen LogP) is -0.335. The van der Waals surface area contributed by atoms with Crippen molar-refractivity contribution < 1.29 is 8.42 Å².